The van der Waals surface area contributed by atoms with Gasteiger partial charge < -0.3 is 19.5 Å². The molecule has 1 N–H and O–H groups in total. The van der Waals surface area contributed by atoms with Crippen molar-refractivity contribution in [3.63, 3.8) is 0 Å². The highest BCUT2D eigenvalue weighted by Crippen LogP contribution is 2.27. The summed E-state index contributed by atoms with van der Waals surface area (Å²) < 4.78 is 30.8. The van der Waals surface area contributed by atoms with Gasteiger partial charge in [-0.2, -0.15) is 5.26 Å². The van der Waals surface area contributed by atoms with Gasteiger partial charge in [0.1, 0.15) is 17.6 Å². The van der Waals surface area contributed by atoms with Crippen LogP contribution >= 0.6 is 0 Å². The van der Waals surface area contributed by atoms with Crippen LogP contribution in [0, 0.1) is 17.1 Å². The number of halogens is 1. The van der Waals surface area contributed by atoms with Crippen LogP contribution in [-0.4, -0.2) is 44.6 Å². The summed E-state index contributed by atoms with van der Waals surface area (Å²) in [6.45, 7) is 3.33. The molecule has 1 saturated heterocycles. The fourth-order valence-corrected chi connectivity index (χ4v) is 4.48. The Labute approximate surface area is 218 Å². The van der Waals surface area contributed by atoms with Crippen molar-refractivity contribution >= 4 is 5.69 Å². The number of anilines is 1. The normalized spacial score (nSPS) is 16.2. The molecule has 4 rings (SSSR count). The van der Waals surface area contributed by atoms with E-state index in [4.69, 9.17) is 14.2 Å². The van der Waals surface area contributed by atoms with E-state index in [0.717, 1.165) is 38.0 Å². The Hall–Kier alpha value is -3.44. The van der Waals surface area contributed by atoms with Gasteiger partial charge in [-0.15, -0.1) is 0 Å². The van der Waals surface area contributed by atoms with Gasteiger partial charge in [-0.25, -0.2) is 4.39 Å². The Balaban J connectivity index is 1.55. The predicted molar refractivity (Wildman–Crippen MR) is 142 cm³/mol. The number of nitrogens with zero attached hydrogens (tertiary/aromatic N) is 2. The molecule has 0 saturated carbocycles. The van der Waals surface area contributed by atoms with Gasteiger partial charge in [0.25, 0.3) is 0 Å². The zero-order valence-electron chi connectivity index (χ0n) is 21.2. The third-order valence-electron chi connectivity index (χ3n) is 6.49. The van der Waals surface area contributed by atoms with Crippen LogP contribution in [-0.2, 0) is 16.0 Å². The lowest BCUT2D eigenvalue weighted by Crippen LogP contribution is -2.35. The van der Waals surface area contributed by atoms with E-state index in [0.29, 0.717) is 36.7 Å². The smallest absolute Gasteiger partial charge is 0.157 e. The molecule has 1 aliphatic rings. The molecule has 3 aromatic rings. The van der Waals surface area contributed by atoms with Crippen LogP contribution in [0.5, 0.6) is 5.75 Å². The quantitative estimate of drug-likeness (QED) is 0.332. The molecule has 3 aromatic carbocycles. The molecule has 1 aliphatic heterocycles. The summed E-state index contributed by atoms with van der Waals surface area (Å²) >= 11 is 0. The van der Waals surface area contributed by atoms with E-state index in [1.165, 1.54) is 17.7 Å². The number of ether oxygens (including phenoxy) is 3. The second-order valence-corrected chi connectivity index (χ2v) is 9.16. The maximum Gasteiger partial charge on any atom is 0.157 e. The molecule has 0 radical (unpaired) electrons. The number of nitrogens with one attached hydrogen (secondary N) is 1. The number of hydrogen-bond donors (Lipinski definition) is 1. The summed E-state index contributed by atoms with van der Waals surface area (Å²) in [7, 11) is 1.58. The average Bonchev–Trinajstić information content (AvgIpc) is 2.94. The summed E-state index contributed by atoms with van der Waals surface area (Å²) in [4.78, 5) is 2.31. The Morgan fingerprint density at radius 2 is 1.92 bits per heavy atom. The Bertz CT molecular complexity index is 1140. The summed E-state index contributed by atoms with van der Waals surface area (Å²) in [5.41, 5.74) is 3.30. The predicted octanol–water partition coefficient (Wildman–Crippen LogP) is 5.90. The highest BCUT2D eigenvalue weighted by molar-refractivity contribution is 5.61. The lowest BCUT2D eigenvalue weighted by molar-refractivity contribution is -0.164. The molecule has 1 heterocycles. The molecule has 194 valence electrons. The standard InChI is InChI=1S/C30H34FN3O3/c1-35-27-14-15-28(25(19-27)20-32)33-29(24-10-12-26(31)13-11-24)22-34(21-23-7-3-2-4-8-23)16-18-37-30-9-5-6-17-36-30/h2-4,7-8,10-15,19,29-30,33H,5-6,9,16-18,21-22H2,1H3/t29-,30?/m0/s1. The maximum absolute atomic E-state index is 13.8. The molecule has 0 amide bonds. The first kappa shape index (κ1) is 26.6. The third kappa shape index (κ3) is 8.02. The van der Waals surface area contributed by atoms with Crippen molar-refractivity contribution in [1.82, 2.24) is 4.90 Å². The van der Waals surface area contributed by atoms with Gasteiger partial charge in [0.2, 0.25) is 0 Å². The minimum Gasteiger partial charge on any atom is -0.497 e. The van der Waals surface area contributed by atoms with E-state index in [1.54, 1.807) is 25.3 Å². The molecule has 1 unspecified atom stereocenters. The summed E-state index contributed by atoms with van der Waals surface area (Å²) in [5.74, 6) is 0.333. The Morgan fingerprint density at radius 3 is 2.62 bits per heavy atom. The minimum atomic E-state index is -0.285. The third-order valence-corrected chi connectivity index (χ3v) is 6.49. The van der Waals surface area contributed by atoms with Crippen molar-refractivity contribution in [3.05, 3.63) is 95.3 Å². The molecular formula is C30H34FN3O3. The summed E-state index contributed by atoms with van der Waals surface area (Å²) in [6, 6.07) is 24.2. The Morgan fingerprint density at radius 1 is 1.11 bits per heavy atom. The zero-order valence-corrected chi connectivity index (χ0v) is 21.2. The van der Waals surface area contributed by atoms with E-state index in [1.807, 2.05) is 30.3 Å². The molecule has 7 heteroatoms. The number of nitriles is 1. The fourth-order valence-electron chi connectivity index (χ4n) is 4.48. The summed E-state index contributed by atoms with van der Waals surface area (Å²) in [6.07, 6.45) is 2.99. The van der Waals surface area contributed by atoms with Crippen LogP contribution in [0.25, 0.3) is 0 Å². The fraction of sp³-hybridized carbons (Fsp3) is 0.367. The monoisotopic (exact) mass is 503 g/mol. The first-order chi connectivity index (χ1) is 18.1. The van der Waals surface area contributed by atoms with Crippen molar-refractivity contribution in [2.24, 2.45) is 0 Å². The first-order valence-corrected chi connectivity index (χ1v) is 12.7. The average molecular weight is 504 g/mol. The molecule has 0 aliphatic carbocycles. The van der Waals surface area contributed by atoms with Crippen molar-refractivity contribution in [2.75, 3.05) is 38.7 Å². The highest BCUT2D eigenvalue weighted by atomic mass is 19.1. The molecule has 6 nitrogen and oxygen atoms in total. The van der Waals surface area contributed by atoms with E-state index < -0.39 is 0 Å². The SMILES string of the molecule is COc1ccc(N[C@@H](CN(CCOC2CCCCO2)Cc2ccccc2)c2ccc(F)cc2)c(C#N)c1. The Kier molecular flexibility index (Phi) is 9.89. The van der Waals surface area contributed by atoms with Crippen LogP contribution in [0.3, 0.4) is 0 Å². The second-order valence-electron chi connectivity index (χ2n) is 9.16. The van der Waals surface area contributed by atoms with Crippen LogP contribution in [0.1, 0.15) is 42.0 Å². The van der Waals surface area contributed by atoms with Gasteiger partial charge in [-0.1, -0.05) is 42.5 Å². The van der Waals surface area contributed by atoms with E-state index >= 15 is 0 Å². The molecule has 2 atom stereocenters. The molecule has 1 fully saturated rings. The van der Waals surface area contributed by atoms with E-state index in [9.17, 15) is 9.65 Å². The molecule has 0 spiro atoms. The number of benzene rings is 3. The van der Waals surface area contributed by atoms with Gasteiger partial charge in [0.05, 0.1) is 31.0 Å². The molecule has 37 heavy (non-hydrogen) atoms. The highest BCUT2D eigenvalue weighted by Gasteiger charge is 2.20. The maximum atomic E-state index is 13.8. The van der Waals surface area contributed by atoms with Crippen molar-refractivity contribution < 1.29 is 18.6 Å². The van der Waals surface area contributed by atoms with Gasteiger partial charge in [0.15, 0.2) is 6.29 Å². The van der Waals surface area contributed by atoms with Gasteiger partial charge in [-0.05, 0) is 60.7 Å². The van der Waals surface area contributed by atoms with Crippen LogP contribution < -0.4 is 10.1 Å². The molecule has 0 bridgehead atoms. The van der Waals surface area contributed by atoms with E-state index in [-0.39, 0.29) is 18.1 Å². The van der Waals surface area contributed by atoms with E-state index in [2.05, 4.69) is 28.4 Å². The second kappa shape index (κ2) is 13.8. The van der Waals surface area contributed by atoms with Gasteiger partial charge >= 0.3 is 0 Å². The number of hydrogen-bond acceptors (Lipinski definition) is 6. The number of methoxy groups -OCH3 is 1. The molecule has 0 aromatic heterocycles. The lowest BCUT2D eigenvalue weighted by Gasteiger charge is -2.30. The topological polar surface area (TPSA) is 66.8 Å². The van der Waals surface area contributed by atoms with Crippen LogP contribution in [0.4, 0.5) is 10.1 Å². The first-order valence-electron chi connectivity index (χ1n) is 12.7. The number of rotatable bonds is 12. The summed E-state index contributed by atoms with van der Waals surface area (Å²) in [5, 5.41) is 13.3. The lowest BCUT2D eigenvalue weighted by atomic mass is 10.0. The molecular weight excluding hydrogens is 469 g/mol. The minimum absolute atomic E-state index is 0.143. The van der Waals surface area contributed by atoms with Gasteiger partial charge in [0, 0.05) is 26.2 Å². The van der Waals surface area contributed by atoms with Crippen molar-refractivity contribution in [2.45, 2.75) is 38.1 Å². The van der Waals surface area contributed by atoms with Crippen LogP contribution in [0.2, 0.25) is 0 Å². The van der Waals surface area contributed by atoms with Gasteiger partial charge in [-0.3, -0.25) is 4.90 Å². The van der Waals surface area contributed by atoms with Crippen molar-refractivity contribution in [3.8, 4) is 11.8 Å². The van der Waals surface area contributed by atoms with Crippen molar-refractivity contribution in [1.29, 1.82) is 5.26 Å². The zero-order chi connectivity index (χ0) is 25.9. The largest absolute Gasteiger partial charge is 0.497 e. The van der Waals surface area contributed by atoms with Crippen LogP contribution in [0.15, 0.2) is 72.8 Å².